The highest BCUT2D eigenvalue weighted by Gasteiger charge is 2.26. The molecule has 0 atom stereocenters. The maximum absolute atomic E-state index is 12.6. The zero-order chi connectivity index (χ0) is 14.6. The SMILES string of the molecule is CCNCc1ccc(S(=O)(=O)N2CC=CCC2)c(Br)c1. The van der Waals surface area contributed by atoms with E-state index in [1.165, 1.54) is 4.31 Å². The van der Waals surface area contributed by atoms with Crippen molar-refractivity contribution in [3.63, 3.8) is 0 Å². The first-order valence-electron chi connectivity index (χ1n) is 6.70. The second-order valence-corrected chi connectivity index (χ2v) is 7.43. The lowest BCUT2D eigenvalue weighted by Gasteiger charge is -2.23. The van der Waals surface area contributed by atoms with Gasteiger partial charge >= 0.3 is 0 Å². The Morgan fingerprint density at radius 1 is 1.35 bits per heavy atom. The molecule has 0 aromatic heterocycles. The molecule has 110 valence electrons. The molecular weight excluding hydrogens is 340 g/mol. The Morgan fingerprint density at radius 2 is 2.15 bits per heavy atom. The van der Waals surface area contributed by atoms with E-state index in [1.807, 2.05) is 31.2 Å². The Kier molecular flexibility index (Phi) is 5.37. The number of halogens is 1. The second-order valence-electron chi connectivity index (χ2n) is 4.67. The minimum Gasteiger partial charge on any atom is -0.313 e. The van der Waals surface area contributed by atoms with Crippen molar-refractivity contribution in [3.8, 4) is 0 Å². The molecule has 4 nitrogen and oxygen atoms in total. The van der Waals surface area contributed by atoms with E-state index in [1.54, 1.807) is 6.07 Å². The zero-order valence-electron chi connectivity index (χ0n) is 11.5. The summed E-state index contributed by atoms with van der Waals surface area (Å²) in [5.74, 6) is 0. The lowest BCUT2D eigenvalue weighted by molar-refractivity contribution is 0.437. The Morgan fingerprint density at radius 3 is 2.75 bits per heavy atom. The maximum atomic E-state index is 12.6. The highest BCUT2D eigenvalue weighted by Crippen LogP contribution is 2.27. The Bertz CT molecular complexity index is 599. The molecule has 0 bridgehead atoms. The number of hydrogen-bond acceptors (Lipinski definition) is 3. The molecule has 0 saturated heterocycles. The highest BCUT2D eigenvalue weighted by molar-refractivity contribution is 9.10. The molecular formula is C14H19BrN2O2S. The van der Waals surface area contributed by atoms with E-state index in [0.29, 0.717) is 22.5 Å². The predicted octanol–water partition coefficient (Wildman–Crippen LogP) is 2.51. The molecule has 1 aromatic carbocycles. The van der Waals surface area contributed by atoms with Crippen molar-refractivity contribution in [1.82, 2.24) is 9.62 Å². The van der Waals surface area contributed by atoms with Gasteiger partial charge in [-0.25, -0.2) is 8.42 Å². The smallest absolute Gasteiger partial charge is 0.244 e. The van der Waals surface area contributed by atoms with Crippen LogP contribution in [0.15, 0.2) is 39.7 Å². The van der Waals surface area contributed by atoms with Crippen molar-refractivity contribution < 1.29 is 8.42 Å². The van der Waals surface area contributed by atoms with Gasteiger partial charge in [-0.05, 0) is 46.6 Å². The zero-order valence-corrected chi connectivity index (χ0v) is 13.9. The summed E-state index contributed by atoms with van der Waals surface area (Å²) in [6, 6.07) is 5.42. The van der Waals surface area contributed by atoms with Crippen LogP contribution in [0.3, 0.4) is 0 Å². The quantitative estimate of drug-likeness (QED) is 0.822. The fraction of sp³-hybridized carbons (Fsp3) is 0.429. The minimum atomic E-state index is -3.42. The van der Waals surface area contributed by atoms with Crippen LogP contribution in [-0.2, 0) is 16.6 Å². The normalized spacial score (nSPS) is 16.5. The fourth-order valence-corrected chi connectivity index (χ4v) is 4.60. The second kappa shape index (κ2) is 6.85. The number of hydrogen-bond donors (Lipinski definition) is 1. The summed E-state index contributed by atoms with van der Waals surface area (Å²) >= 11 is 3.39. The summed E-state index contributed by atoms with van der Waals surface area (Å²) in [7, 11) is -3.42. The van der Waals surface area contributed by atoms with Gasteiger partial charge in [-0.2, -0.15) is 4.31 Å². The van der Waals surface area contributed by atoms with Crippen molar-refractivity contribution in [2.75, 3.05) is 19.6 Å². The maximum Gasteiger partial charge on any atom is 0.244 e. The highest BCUT2D eigenvalue weighted by atomic mass is 79.9. The van der Waals surface area contributed by atoms with E-state index in [2.05, 4.69) is 21.2 Å². The Labute approximate surface area is 129 Å². The minimum absolute atomic E-state index is 0.341. The van der Waals surface area contributed by atoms with Gasteiger partial charge in [0, 0.05) is 24.1 Å². The van der Waals surface area contributed by atoms with Gasteiger partial charge in [0.1, 0.15) is 0 Å². The Hall–Kier alpha value is -0.690. The third kappa shape index (κ3) is 3.49. The van der Waals surface area contributed by atoms with Gasteiger partial charge in [0.25, 0.3) is 0 Å². The molecule has 0 saturated carbocycles. The number of sulfonamides is 1. The van der Waals surface area contributed by atoms with Crippen LogP contribution in [0.4, 0.5) is 0 Å². The summed E-state index contributed by atoms with van der Waals surface area (Å²) in [6.07, 6.45) is 4.68. The molecule has 0 spiro atoms. The van der Waals surface area contributed by atoms with Crippen LogP contribution in [0.5, 0.6) is 0 Å². The topological polar surface area (TPSA) is 49.4 Å². The van der Waals surface area contributed by atoms with Gasteiger partial charge in [-0.1, -0.05) is 25.1 Å². The molecule has 0 unspecified atom stereocenters. The van der Waals surface area contributed by atoms with Crippen LogP contribution in [0.2, 0.25) is 0 Å². The summed E-state index contributed by atoms with van der Waals surface area (Å²) < 4.78 is 27.3. The van der Waals surface area contributed by atoms with Gasteiger partial charge in [0.15, 0.2) is 0 Å². The molecule has 0 amide bonds. The van der Waals surface area contributed by atoms with Crippen LogP contribution in [0.1, 0.15) is 18.9 Å². The van der Waals surface area contributed by atoms with Crippen molar-refractivity contribution in [1.29, 1.82) is 0 Å². The first-order valence-corrected chi connectivity index (χ1v) is 8.93. The van der Waals surface area contributed by atoms with Gasteiger partial charge in [-0.3, -0.25) is 0 Å². The molecule has 20 heavy (non-hydrogen) atoms. The van der Waals surface area contributed by atoms with Crippen LogP contribution < -0.4 is 5.32 Å². The number of nitrogens with zero attached hydrogens (tertiary/aromatic N) is 1. The molecule has 1 heterocycles. The molecule has 1 aromatic rings. The molecule has 1 N–H and O–H groups in total. The number of benzene rings is 1. The molecule has 1 aliphatic rings. The average Bonchev–Trinajstić information content (AvgIpc) is 2.46. The summed E-state index contributed by atoms with van der Waals surface area (Å²) in [5.41, 5.74) is 1.07. The van der Waals surface area contributed by atoms with Gasteiger partial charge < -0.3 is 5.32 Å². The van der Waals surface area contributed by atoms with Gasteiger partial charge in [0.2, 0.25) is 10.0 Å². The first kappa shape index (κ1) is 15.7. The largest absolute Gasteiger partial charge is 0.313 e. The van der Waals surface area contributed by atoms with Gasteiger partial charge in [-0.15, -0.1) is 0 Å². The third-order valence-electron chi connectivity index (χ3n) is 3.21. The standard InChI is InChI=1S/C14H19BrN2O2S/c1-2-16-11-12-6-7-14(13(15)10-12)20(18,19)17-8-4-3-5-9-17/h3-4,6-7,10,16H,2,5,8-9,11H2,1H3. The lowest BCUT2D eigenvalue weighted by atomic mass is 10.2. The van der Waals surface area contributed by atoms with Crippen molar-refractivity contribution >= 4 is 26.0 Å². The summed E-state index contributed by atoms with van der Waals surface area (Å²) in [5, 5.41) is 3.22. The van der Waals surface area contributed by atoms with Crippen molar-refractivity contribution in [2.45, 2.75) is 24.8 Å². The number of nitrogens with one attached hydrogen (secondary N) is 1. The van der Waals surface area contributed by atoms with Gasteiger partial charge in [0.05, 0.1) is 4.90 Å². The molecule has 6 heteroatoms. The molecule has 0 aliphatic carbocycles. The van der Waals surface area contributed by atoms with Crippen LogP contribution in [0.25, 0.3) is 0 Å². The van der Waals surface area contributed by atoms with E-state index < -0.39 is 10.0 Å². The first-order chi connectivity index (χ1) is 9.55. The molecule has 0 radical (unpaired) electrons. The molecule has 0 fully saturated rings. The Balaban J connectivity index is 2.25. The summed E-state index contributed by atoms with van der Waals surface area (Å²) in [4.78, 5) is 0.341. The van der Waals surface area contributed by atoms with E-state index in [0.717, 1.165) is 25.1 Å². The van der Waals surface area contributed by atoms with Crippen LogP contribution >= 0.6 is 15.9 Å². The van der Waals surface area contributed by atoms with Crippen LogP contribution in [-0.4, -0.2) is 32.4 Å². The monoisotopic (exact) mass is 358 g/mol. The lowest BCUT2D eigenvalue weighted by Crippen LogP contribution is -2.34. The van der Waals surface area contributed by atoms with E-state index in [4.69, 9.17) is 0 Å². The molecule has 1 aliphatic heterocycles. The van der Waals surface area contributed by atoms with E-state index >= 15 is 0 Å². The molecule has 2 rings (SSSR count). The fourth-order valence-electron chi connectivity index (χ4n) is 2.11. The third-order valence-corrected chi connectivity index (χ3v) is 6.06. The van der Waals surface area contributed by atoms with Crippen molar-refractivity contribution in [3.05, 3.63) is 40.4 Å². The van der Waals surface area contributed by atoms with Crippen molar-refractivity contribution in [2.24, 2.45) is 0 Å². The number of rotatable bonds is 5. The summed E-state index contributed by atoms with van der Waals surface area (Å²) in [6.45, 7) is 4.66. The average molecular weight is 359 g/mol. The predicted molar refractivity (Wildman–Crippen MR) is 84.0 cm³/mol. The van der Waals surface area contributed by atoms with E-state index in [-0.39, 0.29) is 0 Å². The van der Waals surface area contributed by atoms with Crippen LogP contribution in [0, 0.1) is 0 Å². The van der Waals surface area contributed by atoms with E-state index in [9.17, 15) is 8.42 Å².